The Hall–Kier alpha value is -2.61. The first-order valence-electron chi connectivity index (χ1n) is 12.9. The van der Waals surface area contributed by atoms with Gasteiger partial charge in [0, 0.05) is 40.2 Å². The predicted octanol–water partition coefficient (Wildman–Crippen LogP) is 5.11. The molecule has 3 heterocycles. The summed E-state index contributed by atoms with van der Waals surface area (Å²) in [4.78, 5) is 20.5. The molecule has 0 amide bonds. The van der Waals surface area contributed by atoms with E-state index in [0.717, 1.165) is 41.6 Å². The number of thioether (sulfide) groups is 1. The second kappa shape index (κ2) is 9.69. The second-order valence-corrected chi connectivity index (χ2v) is 11.6. The molecule has 3 aromatic rings. The molecule has 2 aromatic carbocycles. The van der Waals surface area contributed by atoms with Gasteiger partial charge in [-0.05, 0) is 79.6 Å². The van der Waals surface area contributed by atoms with E-state index < -0.39 is 18.0 Å². The number of carboxylic acid groups (broad SMARTS) is 1. The Bertz CT molecular complexity index is 1280. The Labute approximate surface area is 215 Å². The van der Waals surface area contributed by atoms with Crippen LogP contribution in [0, 0.1) is 11.8 Å². The van der Waals surface area contributed by atoms with E-state index >= 15 is 0 Å². The lowest BCUT2D eigenvalue weighted by atomic mass is 9.73. The van der Waals surface area contributed by atoms with Crippen LogP contribution in [0.5, 0.6) is 5.75 Å². The van der Waals surface area contributed by atoms with Crippen LogP contribution >= 0.6 is 11.8 Å². The number of methoxy groups -OCH3 is 1. The van der Waals surface area contributed by atoms with Crippen molar-refractivity contribution in [2.75, 3.05) is 20.2 Å². The van der Waals surface area contributed by atoms with Crippen LogP contribution in [0.15, 0.2) is 59.6 Å². The molecule has 1 saturated heterocycles. The van der Waals surface area contributed by atoms with Crippen molar-refractivity contribution in [2.24, 2.45) is 11.8 Å². The van der Waals surface area contributed by atoms with Crippen LogP contribution in [0.1, 0.15) is 48.8 Å². The third kappa shape index (κ3) is 4.17. The number of carboxylic acids is 1. The number of aromatic nitrogens is 1. The molecule has 188 valence electrons. The molecule has 6 nitrogen and oxygen atoms in total. The molecule has 0 bridgehead atoms. The molecular formula is C29H32N2O4S. The average Bonchev–Trinajstić information content (AvgIpc) is 3.18. The fourth-order valence-corrected chi connectivity index (χ4v) is 8.18. The van der Waals surface area contributed by atoms with E-state index in [1.807, 2.05) is 36.0 Å². The largest absolute Gasteiger partial charge is 0.497 e. The predicted molar refractivity (Wildman–Crippen MR) is 141 cm³/mol. The highest BCUT2D eigenvalue weighted by Crippen LogP contribution is 2.57. The van der Waals surface area contributed by atoms with Gasteiger partial charge in [0.15, 0.2) is 0 Å². The highest BCUT2D eigenvalue weighted by Gasteiger charge is 2.51. The van der Waals surface area contributed by atoms with Crippen molar-refractivity contribution in [2.45, 2.75) is 53.9 Å². The maximum Gasteiger partial charge on any atom is 0.308 e. The number of pyridine rings is 1. The molecule has 7 heteroatoms. The first-order valence-corrected chi connectivity index (χ1v) is 13.7. The Morgan fingerprint density at radius 2 is 2.11 bits per heavy atom. The summed E-state index contributed by atoms with van der Waals surface area (Å²) in [5, 5.41) is 22.6. The second-order valence-electron chi connectivity index (χ2n) is 10.4. The minimum absolute atomic E-state index is 0.0698. The minimum atomic E-state index is -0.712. The number of hydrogen-bond acceptors (Lipinski definition) is 6. The molecule has 1 aliphatic carbocycles. The Morgan fingerprint density at radius 3 is 2.94 bits per heavy atom. The lowest BCUT2D eigenvalue weighted by Crippen LogP contribution is -2.57. The Balaban J connectivity index is 1.11. The number of rotatable bonds is 7. The van der Waals surface area contributed by atoms with Gasteiger partial charge in [-0.1, -0.05) is 18.2 Å². The minimum Gasteiger partial charge on any atom is -0.497 e. The molecule has 3 aliphatic rings. The lowest BCUT2D eigenvalue weighted by molar-refractivity contribution is -0.147. The van der Waals surface area contributed by atoms with Crippen LogP contribution in [0.3, 0.4) is 0 Å². The number of benzene rings is 2. The zero-order valence-electron chi connectivity index (χ0n) is 20.4. The van der Waals surface area contributed by atoms with Gasteiger partial charge in [-0.3, -0.25) is 14.7 Å². The summed E-state index contributed by atoms with van der Waals surface area (Å²) in [5.41, 5.74) is 3.11. The highest BCUT2D eigenvalue weighted by molar-refractivity contribution is 8.00. The number of ether oxygens (including phenoxy) is 1. The van der Waals surface area contributed by atoms with Gasteiger partial charge in [0.1, 0.15) is 5.75 Å². The van der Waals surface area contributed by atoms with Crippen molar-refractivity contribution in [3.63, 3.8) is 0 Å². The van der Waals surface area contributed by atoms with Crippen LogP contribution in [-0.4, -0.2) is 57.6 Å². The van der Waals surface area contributed by atoms with E-state index in [1.165, 1.54) is 10.5 Å². The number of likely N-dealkylation sites (tertiary alicyclic amines) is 1. The molecular weight excluding hydrogens is 472 g/mol. The topological polar surface area (TPSA) is 82.9 Å². The summed E-state index contributed by atoms with van der Waals surface area (Å²) < 4.78 is 5.36. The Kier molecular flexibility index (Phi) is 6.40. The lowest BCUT2D eigenvalue weighted by Gasteiger charge is -2.50. The van der Waals surface area contributed by atoms with Crippen LogP contribution in [0.2, 0.25) is 0 Å². The molecule has 3 unspecified atom stereocenters. The number of nitrogens with zero attached hydrogens (tertiary/aromatic N) is 2. The van der Waals surface area contributed by atoms with E-state index in [1.54, 1.807) is 13.3 Å². The molecule has 2 fully saturated rings. The van der Waals surface area contributed by atoms with Gasteiger partial charge in [-0.15, -0.1) is 11.8 Å². The Morgan fingerprint density at radius 1 is 1.25 bits per heavy atom. The van der Waals surface area contributed by atoms with E-state index in [0.29, 0.717) is 36.6 Å². The summed E-state index contributed by atoms with van der Waals surface area (Å²) in [5.74, 6) is 0.301. The number of aliphatic carboxylic acids is 1. The van der Waals surface area contributed by atoms with Crippen LogP contribution in [-0.2, 0) is 4.79 Å². The highest BCUT2D eigenvalue weighted by atomic mass is 32.2. The van der Waals surface area contributed by atoms with E-state index in [2.05, 4.69) is 34.1 Å². The smallest absolute Gasteiger partial charge is 0.308 e. The standard InChI is InChI=1S/C29H32N2O4S/c1-35-18-7-8-24-21(14-18)19(10-12-30-24)26(32)9-6-17-11-13-31(16-23(17)29(33)34)25-15-22-20-4-2-3-5-27(20)36-28(22)25/h2-5,7-8,10,12,14,17,22-23,25-26,28,32H,6,9,11,13,15-16H2,1H3,(H,33,34)/t17-,22?,23+,25?,26+,28?/m1/s1. The number of carbonyl (C=O) groups is 1. The third-order valence-corrected chi connectivity index (χ3v) is 10.1. The van der Waals surface area contributed by atoms with Crippen LogP contribution in [0.4, 0.5) is 0 Å². The van der Waals surface area contributed by atoms with Gasteiger partial charge in [0.05, 0.1) is 24.6 Å². The van der Waals surface area contributed by atoms with Crippen molar-refractivity contribution < 1.29 is 19.7 Å². The van der Waals surface area contributed by atoms with Crippen LogP contribution in [0.25, 0.3) is 10.9 Å². The van der Waals surface area contributed by atoms with Gasteiger partial charge >= 0.3 is 5.97 Å². The summed E-state index contributed by atoms with van der Waals surface area (Å²) in [6.07, 6.45) is 4.26. The maximum absolute atomic E-state index is 12.3. The SMILES string of the molecule is COc1ccc2nccc([C@@H](O)CC[C@@H]3CCN(C4CC5c6ccccc6SC54)C[C@@H]3C(=O)O)c2c1. The van der Waals surface area contributed by atoms with Crippen molar-refractivity contribution in [1.82, 2.24) is 9.88 Å². The maximum atomic E-state index is 12.3. The van der Waals surface area contributed by atoms with E-state index in [-0.39, 0.29) is 5.92 Å². The van der Waals surface area contributed by atoms with Gasteiger partial charge in [0.2, 0.25) is 0 Å². The van der Waals surface area contributed by atoms with E-state index in [4.69, 9.17) is 4.74 Å². The first-order chi connectivity index (χ1) is 17.5. The van der Waals surface area contributed by atoms with Crippen molar-refractivity contribution in [1.29, 1.82) is 0 Å². The van der Waals surface area contributed by atoms with Crippen LogP contribution < -0.4 is 4.74 Å². The number of aliphatic hydroxyl groups excluding tert-OH is 1. The average molecular weight is 505 g/mol. The number of fused-ring (bicyclic) bond motifs is 4. The monoisotopic (exact) mass is 504 g/mol. The normalized spacial score (nSPS) is 28.2. The molecule has 0 radical (unpaired) electrons. The number of hydrogen-bond donors (Lipinski definition) is 2. The van der Waals surface area contributed by atoms with Gasteiger partial charge < -0.3 is 14.9 Å². The third-order valence-electron chi connectivity index (χ3n) is 8.58. The fraction of sp³-hybridized carbons (Fsp3) is 0.448. The quantitative estimate of drug-likeness (QED) is 0.463. The fourth-order valence-electron chi connectivity index (χ4n) is 6.51. The van der Waals surface area contributed by atoms with Gasteiger partial charge in [-0.2, -0.15) is 0 Å². The number of piperidine rings is 1. The number of aliphatic hydroxyl groups is 1. The van der Waals surface area contributed by atoms with Crippen molar-refractivity contribution in [3.05, 3.63) is 65.9 Å². The summed E-state index contributed by atoms with van der Waals surface area (Å²) in [6.45, 7) is 1.54. The molecule has 2 aliphatic heterocycles. The van der Waals surface area contributed by atoms with Gasteiger partial charge in [-0.25, -0.2) is 0 Å². The summed E-state index contributed by atoms with van der Waals surface area (Å²) >= 11 is 1.98. The molecule has 6 atom stereocenters. The van der Waals surface area contributed by atoms with Crippen molar-refractivity contribution in [3.8, 4) is 5.75 Å². The molecule has 0 spiro atoms. The zero-order chi connectivity index (χ0) is 24.8. The van der Waals surface area contributed by atoms with E-state index in [9.17, 15) is 15.0 Å². The molecule has 1 aromatic heterocycles. The summed E-state index contributed by atoms with van der Waals surface area (Å²) in [6, 6.07) is 16.7. The van der Waals surface area contributed by atoms with Crippen molar-refractivity contribution >= 4 is 28.6 Å². The summed E-state index contributed by atoms with van der Waals surface area (Å²) in [7, 11) is 1.63. The molecule has 6 rings (SSSR count). The zero-order valence-corrected chi connectivity index (χ0v) is 21.2. The van der Waals surface area contributed by atoms with Gasteiger partial charge in [0.25, 0.3) is 0 Å². The molecule has 2 N–H and O–H groups in total. The molecule has 36 heavy (non-hydrogen) atoms. The first kappa shape index (κ1) is 23.8. The molecule has 1 saturated carbocycles.